The van der Waals surface area contributed by atoms with Crippen molar-refractivity contribution in [1.29, 1.82) is 0 Å². The van der Waals surface area contributed by atoms with E-state index in [1.54, 1.807) is 7.11 Å². The van der Waals surface area contributed by atoms with Gasteiger partial charge in [-0.1, -0.05) is 6.92 Å². The monoisotopic (exact) mass is 312 g/mol. The molecular weight excluding hydrogens is 288 g/mol. The normalized spacial score (nSPS) is 21.6. The van der Waals surface area contributed by atoms with Crippen molar-refractivity contribution in [3.63, 3.8) is 0 Å². The fourth-order valence-corrected chi connectivity index (χ4v) is 2.90. The Morgan fingerprint density at radius 2 is 2.19 bits per heavy atom. The van der Waals surface area contributed by atoms with Gasteiger partial charge in [0.25, 0.3) is 5.91 Å². The number of likely N-dealkylation sites (tertiary alicyclic amines) is 1. The van der Waals surface area contributed by atoms with E-state index in [2.05, 4.69) is 6.92 Å². The summed E-state index contributed by atoms with van der Waals surface area (Å²) < 4.78 is 5.19. The molecule has 1 aromatic rings. The molecule has 0 saturated carbocycles. The average Bonchev–Trinajstić information content (AvgIpc) is 2.46. The Kier molecular flexibility index (Phi) is 6.49. The first kappa shape index (κ1) is 17.8. The molecule has 2 atom stereocenters. The molecule has 0 bridgehead atoms. The van der Waals surface area contributed by atoms with E-state index in [1.807, 2.05) is 30.0 Å². The van der Waals surface area contributed by atoms with Crippen LogP contribution < -0.4 is 10.5 Å². The number of carbonyl (C=O) groups excluding carboxylic acids is 1. The Balaban J connectivity index is 0.00000220. The number of nitrogens with zero attached hydrogens (tertiary/aromatic N) is 1. The van der Waals surface area contributed by atoms with Crippen molar-refractivity contribution < 1.29 is 9.53 Å². The van der Waals surface area contributed by atoms with E-state index in [9.17, 15) is 4.79 Å². The number of piperidine rings is 1. The van der Waals surface area contributed by atoms with Crippen molar-refractivity contribution >= 4 is 18.3 Å². The van der Waals surface area contributed by atoms with Crippen LogP contribution in [0.1, 0.15) is 35.7 Å². The molecule has 2 N–H and O–H groups in total. The van der Waals surface area contributed by atoms with Crippen LogP contribution in [-0.2, 0) is 0 Å². The number of nitrogens with two attached hydrogens (primary N) is 1. The number of ether oxygens (including phenoxy) is 1. The summed E-state index contributed by atoms with van der Waals surface area (Å²) in [5.74, 6) is 1.51. The molecule has 2 rings (SSSR count). The zero-order valence-corrected chi connectivity index (χ0v) is 13.8. The van der Waals surface area contributed by atoms with E-state index >= 15 is 0 Å². The highest BCUT2D eigenvalue weighted by molar-refractivity contribution is 5.96. The first-order chi connectivity index (χ1) is 9.56. The first-order valence-electron chi connectivity index (χ1n) is 7.22. The Hall–Kier alpha value is -1.26. The van der Waals surface area contributed by atoms with Crippen molar-refractivity contribution in [2.45, 2.75) is 32.7 Å². The van der Waals surface area contributed by atoms with E-state index in [1.165, 1.54) is 0 Å². The predicted octanol–water partition coefficient (Wildman–Crippen LogP) is 2.62. The molecule has 0 aliphatic carbocycles. The lowest BCUT2D eigenvalue weighted by Crippen LogP contribution is -2.49. The summed E-state index contributed by atoms with van der Waals surface area (Å²) in [4.78, 5) is 14.7. The fourth-order valence-electron chi connectivity index (χ4n) is 2.90. The van der Waals surface area contributed by atoms with Gasteiger partial charge in [-0.2, -0.15) is 0 Å². The maximum Gasteiger partial charge on any atom is 0.254 e. The van der Waals surface area contributed by atoms with Gasteiger partial charge in [0.15, 0.2) is 0 Å². The second-order valence-corrected chi connectivity index (χ2v) is 5.70. The number of carbonyl (C=O) groups is 1. The molecule has 1 aromatic carbocycles. The lowest BCUT2D eigenvalue weighted by Gasteiger charge is -2.38. The maximum atomic E-state index is 12.7. The standard InChI is InChI=1S/C16H24N2O2.ClH/c1-11-6-7-18(13(8-11)10-17)16(19)15-5-4-14(20-3)9-12(15)2;/h4-5,9,11,13H,6-8,10,17H2,1-3H3;1H. The van der Waals surface area contributed by atoms with Crippen LogP contribution in [0.4, 0.5) is 0 Å². The van der Waals surface area contributed by atoms with E-state index in [0.717, 1.165) is 36.3 Å². The van der Waals surface area contributed by atoms with Crippen LogP contribution in [0, 0.1) is 12.8 Å². The van der Waals surface area contributed by atoms with E-state index < -0.39 is 0 Å². The number of methoxy groups -OCH3 is 1. The molecule has 1 heterocycles. The quantitative estimate of drug-likeness (QED) is 0.933. The predicted molar refractivity (Wildman–Crippen MR) is 87.3 cm³/mol. The topological polar surface area (TPSA) is 55.6 Å². The zero-order valence-electron chi connectivity index (χ0n) is 13.0. The third-order valence-corrected chi connectivity index (χ3v) is 4.17. The van der Waals surface area contributed by atoms with Gasteiger partial charge in [0, 0.05) is 24.7 Å². The van der Waals surface area contributed by atoms with Crippen LogP contribution >= 0.6 is 12.4 Å². The van der Waals surface area contributed by atoms with Crippen LogP contribution in [0.5, 0.6) is 5.75 Å². The summed E-state index contributed by atoms with van der Waals surface area (Å²) in [6.07, 6.45) is 2.05. The van der Waals surface area contributed by atoms with Gasteiger partial charge >= 0.3 is 0 Å². The van der Waals surface area contributed by atoms with Gasteiger partial charge in [-0.3, -0.25) is 4.79 Å². The number of hydrogen-bond donors (Lipinski definition) is 1. The van der Waals surface area contributed by atoms with Gasteiger partial charge in [0.05, 0.1) is 7.11 Å². The molecule has 1 aliphatic rings. The summed E-state index contributed by atoms with van der Waals surface area (Å²) in [5.41, 5.74) is 7.54. The molecule has 0 spiro atoms. The van der Waals surface area contributed by atoms with Crippen molar-refractivity contribution in [3.05, 3.63) is 29.3 Å². The molecule has 4 nitrogen and oxygen atoms in total. The first-order valence-corrected chi connectivity index (χ1v) is 7.22. The van der Waals surface area contributed by atoms with E-state index in [0.29, 0.717) is 12.5 Å². The van der Waals surface area contributed by atoms with Crippen molar-refractivity contribution in [1.82, 2.24) is 4.90 Å². The van der Waals surface area contributed by atoms with Crippen molar-refractivity contribution in [2.75, 3.05) is 20.2 Å². The van der Waals surface area contributed by atoms with E-state index in [4.69, 9.17) is 10.5 Å². The van der Waals surface area contributed by atoms with Crippen molar-refractivity contribution in [3.8, 4) is 5.75 Å². The number of amides is 1. The Labute approximate surface area is 133 Å². The van der Waals surface area contributed by atoms with Crippen molar-refractivity contribution in [2.24, 2.45) is 11.7 Å². The van der Waals surface area contributed by atoms with E-state index in [-0.39, 0.29) is 24.4 Å². The lowest BCUT2D eigenvalue weighted by molar-refractivity contribution is 0.0573. The Morgan fingerprint density at radius 3 is 2.76 bits per heavy atom. The Bertz CT molecular complexity index is 493. The molecular formula is C16H25ClN2O2. The van der Waals surface area contributed by atoms with Gasteiger partial charge in [0.1, 0.15) is 5.75 Å². The van der Waals surface area contributed by atoms with Gasteiger partial charge < -0.3 is 15.4 Å². The fraction of sp³-hybridized carbons (Fsp3) is 0.562. The van der Waals surface area contributed by atoms with Crippen LogP contribution in [0.15, 0.2) is 18.2 Å². The summed E-state index contributed by atoms with van der Waals surface area (Å²) in [6.45, 7) is 5.50. The largest absolute Gasteiger partial charge is 0.497 e. The summed E-state index contributed by atoms with van der Waals surface area (Å²) >= 11 is 0. The van der Waals surface area contributed by atoms with Gasteiger partial charge in [-0.15, -0.1) is 12.4 Å². The van der Waals surface area contributed by atoms with Crippen LogP contribution in [0.3, 0.4) is 0 Å². The summed E-state index contributed by atoms with van der Waals surface area (Å²) in [7, 11) is 1.63. The zero-order chi connectivity index (χ0) is 14.7. The number of aryl methyl sites for hydroxylation is 1. The molecule has 5 heteroatoms. The number of hydrogen-bond acceptors (Lipinski definition) is 3. The highest BCUT2D eigenvalue weighted by Gasteiger charge is 2.30. The third-order valence-electron chi connectivity index (χ3n) is 4.17. The minimum atomic E-state index is 0. The average molecular weight is 313 g/mol. The molecule has 1 fully saturated rings. The molecule has 1 aliphatic heterocycles. The lowest BCUT2D eigenvalue weighted by atomic mass is 9.91. The molecule has 1 saturated heterocycles. The number of benzene rings is 1. The molecule has 0 radical (unpaired) electrons. The molecule has 21 heavy (non-hydrogen) atoms. The Morgan fingerprint density at radius 1 is 1.48 bits per heavy atom. The highest BCUT2D eigenvalue weighted by atomic mass is 35.5. The van der Waals surface area contributed by atoms with Gasteiger partial charge in [-0.05, 0) is 49.4 Å². The third kappa shape index (κ3) is 3.89. The smallest absolute Gasteiger partial charge is 0.254 e. The second kappa shape index (κ2) is 7.66. The molecule has 0 aromatic heterocycles. The summed E-state index contributed by atoms with van der Waals surface area (Å²) in [6, 6.07) is 5.75. The minimum absolute atomic E-state index is 0. The molecule has 1 amide bonds. The number of rotatable bonds is 3. The molecule has 2 unspecified atom stereocenters. The second-order valence-electron chi connectivity index (χ2n) is 5.70. The van der Waals surface area contributed by atoms with Crippen LogP contribution in [0.2, 0.25) is 0 Å². The molecule has 118 valence electrons. The minimum Gasteiger partial charge on any atom is -0.497 e. The summed E-state index contributed by atoms with van der Waals surface area (Å²) in [5, 5.41) is 0. The highest BCUT2D eigenvalue weighted by Crippen LogP contribution is 2.25. The maximum absolute atomic E-state index is 12.7. The SMILES string of the molecule is COc1ccc(C(=O)N2CCC(C)CC2CN)c(C)c1.Cl. The van der Waals surface area contributed by atoms with Crippen LogP contribution in [-0.4, -0.2) is 37.0 Å². The van der Waals surface area contributed by atoms with Crippen LogP contribution in [0.25, 0.3) is 0 Å². The number of halogens is 1. The van der Waals surface area contributed by atoms with Gasteiger partial charge in [0.2, 0.25) is 0 Å². The van der Waals surface area contributed by atoms with Gasteiger partial charge in [-0.25, -0.2) is 0 Å².